The second-order valence-corrected chi connectivity index (χ2v) is 19.7. The summed E-state index contributed by atoms with van der Waals surface area (Å²) in [6.07, 6.45) is 70.9. The average Bonchev–Trinajstić information content (AvgIpc) is 3.24. The number of carboxylic acids is 1. The smallest absolute Gasteiger partial charge is 0.309 e. The van der Waals surface area contributed by atoms with E-state index < -0.39 is 18.0 Å². The van der Waals surface area contributed by atoms with Crippen molar-refractivity contribution >= 4 is 5.97 Å². The van der Waals surface area contributed by atoms with Crippen molar-refractivity contribution in [2.45, 2.75) is 341 Å². The molecule has 0 aliphatic heterocycles. The fourth-order valence-corrected chi connectivity index (χ4v) is 9.38. The van der Waals surface area contributed by atoms with E-state index in [0.717, 1.165) is 25.7 Å². The minimum Gasteiger partial charge on any atom is -0.481 e. The Kier molecular flexibility index (Phi) is 51.8. The molecular weight excluding hydrogens is 733 g/mol. The number of rotatable bonds is 53. The van der Waals surface area contributed by atoms with Gasteiger partial charge in [-0.15, -0.1) is 0 Å². The van der Waals surface area contributed by atoms with Gasteiger partial charge in [0.05, 0.1) is 12.0 Å². The van der Waals surface area contributed by atoms with Crippen LogP contribution in [0.3, 0.4) is 0 Å². The number of carbonyl (C=O) groups is 1. The van der Waals surface area contributed by atoms with Crippen LogP contribution in [0.2, 0.25) is 0 Å². The first-order valence-corrected chi connectivity index (χ1v) is 28.2. The van der Waals surface area contributed by atoms with Crippen LogP contribution in [0.1, 0.15) is 335 Å². The molecule has 358 valence electrons. The molecule has 0 rings (SSSR count). The molecule has 2 atom stereocenters. The van der Waals surface area contributed by atoms with Crippen LogP contribution in [0.15, 0.2) is 12.2 Å². The highest BCUT2D eigenvalue weighted by Gasteiger charge is 2.25. The number of unbranched alkanes of at least 4 members (excludes halogenated alkanes) is 45. The molecule has 0 saturated heterocycles. The molecule has 2 unspecified atom stereocenters. The molecule has 0 aromatic rings. The zero-order valence-electron chi connectivity index (χ0n) is 41.5. The SMILES string of the molecule is CCCCCCCCCCCCCCCCCC/C=C\CCCCCCCCCCCCCCC(O)C(CCCCCCCCCCCCCCCCCCCC)C(=O)O. The summed E-state index contributed by atoms with van der Waals surface area (Å²) in [4.78, 5) is 11.9. The first kappa shape index (κ1) is 59.2. The van der Waals surface area contributed by atoms with Crippen LogP contribution in [0.5, 0.6) is 0 Å². The van der Waals surface area contributed by atoms with E-state index in [0.29, 0.717) is 12.8 Å². The van der Waals surface area contributed by atoms with E-state index in [1.807, 2.05) is 0 Å². The summed E-state index contributed by atoms with van der Waals surface area (Å²) in [6, 6.07) is 0. The summed E-state index contributed by atoms with van der Waals surface area (Å²) in [6.45, 7) is 4.59. The standard InChI is InChI=1S/C57H112O3/c1-3-5-7-9-11-13-15-17-19-21-23-24-25-26-27-28-29-30-31-32-33-34-35-36-38-40-42-44-46-48-50-52-54-56(58)55(57(59)60)53-51-49-47-45-43-41-39-37-22-20-18-16-14-12-10-8-6-4-2/h30-31,55-56,58H,3-29,32-54H2,1-2H3,(H,59,60)/b31-30-. The van der Waals surface area contributed by atoms with Crippen molar-refractivity contribution in [3.8, 4) is 0 Å². The third-order valence-electron chi connectivity index (χ3n) is 13.7. The predicted molar refractivity (Wildman–Crippen MR) is 268 cm³/mol. The quantitative estimate of drug-likeness (QED) is 0.0474. The topological polar surface area (TPSA) is 57.5 Å². The maximum Gasteiger partial charge on any atom is 0.309 e. The Morgan fingerprint density at radius 2 is 0.517 bits per heavy atom. The zero-order valence-corrected chi connectivity index (χ0v) is 41.5. The van der Waals surface area contributed by atoms with Gasteiger partial charge in [0.1, 0.15) is 0 Å². The van der Waals surface area contributed by atoms with Crippen LogP contribution in [0.25, 0.3) is 0 Å². The van der Waals surface area contributed by atoms with Crippen molar-refractivity contribution in [3.05, 3.63) is 12.2 Å². The summed E-state index contributed by atoms with van der Waals surface area (Å²) in [5, 5.41) is 20.4. The van der Waals surface area contributed by atoms with E-state index in [9.17, 15) is 15.0 Å². The van der Waals surface area contributed by atoms with Gasteiger partial charge >= 0.3 is 5.97 Å². The Morgan fingerprint density at radius 1 is 0.317 bits per heavy atom. The minimum absolute atomic E-state index is 0.582. The predicted octanol–water partition coefficient (Wildman–Crippen LogP) is 20.1. The largest absolute Gasteiger partial charge is 0.481 e. The number of allylic oxidation sites excluding steroid dienone is 2. The molecule has 0 radical (unpaired) electrons. The van der Waals surface area contributed by atoms with Gasteiger partial charge in [-0.1, -0.05) is 309 Å². The van der Waals surface area contributed by atoms with E-state index in [1.54, 1.807) is 0 Å². The van der Waals surface area contributed by atoms with Crippen LogP contribution < -0.4 is 0 Å². The van der Waals surface area contributed by atoms with Crippen molar-refractivity contribution in [1.29, 1.82) is 0 Å². The van der Waals surface area contributed by atoms with Crippen LogP contribution in [-0.2, 0) is 4.79 Å². The number of hydrogen-bond acceptors (Lipinski definition) is 2. The fraction of sp³-hybridized carbons (Fsp3) is 0.947. The van der Waals surface area contributed by atoms with Gasteiger partial charge in [0.25, 0.3) is 0 Å². The molecule has 3 nitrogen and oxygen atoms in total. The lowest BCUT2D eigenvalue weighted by molar-refractivity contribution is -0.146. The molecule has 60 heavy (non-hydrogen) atoms. The molecule has 0 amide bonds. The van der Waals surface area contributed by atoms with E-state index >= 15 is 0 Å². The maximum absolute atomic E-state index is 11.9. The molecule has 0 bridgehead atoms. The van der Waals surface area contributed by atoms with Gasteiger partial charge < -0.3 is 10.2 Å². The summed E-state index contributed by atoms with van der Waals surface area (Å²) in [5.41, 5.74) is 0. The van der Waals surface area contributed by atoms with Crippen molar-refractivity contribution in [3.63, 3.8) is 0 Å². The van der Waals surface area contributed by atoms with Crippen LogP contribution in [0.4, 0.5) is 0 Å². The Morgan fingerprint density at radius 3 is 0.750 bits per heavy atom. The van der Waals surface area contributed by atoms with Crippen LogP contribution >= 0.6 is 0 Å². The van der Waals surface area contributed by atoms with Gasteiger partial charge in [0, 0.05) is 0 Å². The molecule has 0 aromatic heterocycles. The first-order chi connectivity index (χ1) is 29.6. The highest BCUT2D eigenvalue weighted by Crippen LogP contribution is 2.22. The highest BCUT2D eigenvalue weighted by atomic mass is 16.4. The molecule has 0 spiro atoms. The molecule has 0 aliphatic rings. The number of aliphatic hydroxyl groups excluding tert-OH is 1. The van der Waals surface area contributed by atoms with Crippen LogP contribution in [0, 0.1) is 5.92 Å². The van der Waals surface area contributed by atoms with Gasteiger partial charge in [-0.2, -0.15) is 0 Å². The second kappa shape index (κ2) is 52.5. The normalized spacial score (nSPS) is 12.8. The molecule has 0 aliphatic carbocycles. The van der Waals surface area contributed by atoms with E-state index in [1.165, 1.54) is 283 Å². The monoisotopic (exact) mass is 845 g/mol. The van der Waals surface area contributed by atoms with Gasteiger partial charge in [-0.3, -0.25) is 4.79 Å². The minimum atomic E-state index is -0.804. The molecule has 3 heteroatoms. The van der Waals surface area contributed by atoms with E-state index in [2.05, 4.69) is 26.0 Å². The molecule has 2 N–H and O–H groups in total. The highest BCUT2D eigenvalue weighted by molar-refractivity contribution is 5.70. The summed E-state index contributed by atoms with van der Waals surface area (Å²) in [7, 11) is 0. The Balaban J connectivity index is 3.40. The molecule has 0 fully saturated rings. The third kappa shape index (κ3) is 48.2. The third-order valence-corrected chi connectivity index (χ3v) is 13.7. The van der Waals surface area contributed by atoms with Gasteiger partial charge in [-0.25, -0.2) is 0 Å². The summed E-state index contributed by atoms with van der Waals surface area (Å²) < 4.78 is 0. The summed E-state index contributed by atoms with van der Waals surface area (Å²) >= 11 is 0. The number of carboxylic acid groups (broad SMARTS) is 1. The molecular formula is C57H112O3. The average molecular weight is 846 g/mol. The van der Waals surface area contributed by atoms with E-state index in [4.69, 9.17) is 0 Å². The van der Waals surface area contributed by atoms with Crippen LogP contribution in [-0.4, -0.2) is 22.3 Å². The first-order valence-electron chi connectivity index (χ1n) is 28.2. The zero-order chi connectivity index (χ0) is 43.5. The van der Waals surface area contributed by atoms with Crippen molar-refractivity contribution in [2.75, 3.05) is 0 Å². The van der Waals surface area contributed by atoms with Gasteiger partial charge in [-0.05, 0) is 38.5 Å². The Hall–Kier alpha value is -0.830. The van der Waals surface area contributed by atoms with Gasteiger partial charge in [0.15, 0.2) is 0 Å². The lowest BCUT2D eigenvalue weighted by atomic mass is 9.91. The lowest BCUT2D eigenvalue weighted by Gasteiger charge is -2.19. The van der Waals surface area contributed by atoms with Crippen molar-refractivity contribution in [2.24, 2.45) is 5.92 Å². The van der Waals surface area contributed by atoms with Crippen molar-refractivity contribution < 1.29 is 15.0 Å². The van der Waals surface area contributed by atoms with Gasteiger partial charge in [0.2, 0.25) is 0 Å². The molecule has 0 aromatic carbocycles. The lowest BCUT2D eigenvalue weighted by Crippen LogP contribution is -2.28. The summed E-state index contributed by atoms with van der Waals surface area (Å²) in [5.74, 6) is -1.39. The Bertz CT molecular complexity index is 822. The second-order valence-electron chi connectivity index (χ2n) is 19.7. The number of aliphatic carboxylic acids is 1. The number of aliphatic hydroxyl groups is 1. The number of hydrogen-bond donors (Lipinski definition) is 2. The molecule has 0 saturated carbocycles. The van der Waals surface area contributed by atoms with Crippen molar-refractivity contribution in [1.82, 2.24) is 0 Å². The fourth-order valence-electron chi connectivity index (χ4n) is 9.38. The Labute approximate surface area is 378 Å². The maximum atomic E-state index is 11.9. The van der Waals surface area contributed by atoms with E-state index in [-0.39, 0.29) is 0 Å². The molecule has 0 heterocycles.